The molecule has 0 N–H and O–H groups in total. The van der Waals surface area contributed by atoms with E-state index in [2.05, 4.69) is 0 Å². The van der Waals surface area contributed by atoms with Crippen LogP contribution in [0.5, 0.6) is 0 Å². The number of hydrogen-bond acceptors (Lipinski definition) is 2. The number of benzene rings is 1. The summed E-state index contributed by atoms with van der Waals surface area (Å²) < 4.78 is 21.4. The van der Waals surface area contributed by atoms with Crippen LogP contribution in [0.3, 0.4) is 0 Å². The van der Waals surface area contributed by atoms with E-state index in [4.69, 9.17) is 11.6 Å². The largest absolute Gasteiger partial charge is 0.227 e. The Bertz CT molecular complexity index is 375. The molecule has 0 unspecified atom stereocenters. The third-order valence-corrected chi connectivity index (χ3v) is 2.96. The van der Waals surface area contributed by atoms with Crippen LogP contribution in [0.1, 0.15) is 11.1 Å². The van der Waals surface area contributed by atoms with Gasteiger partial charge in [0.1, 0.15) is 0 Å². The maximum atomic E-state index is 10.7. The molecule has 1 aromatic rings. The Hall–Kier alpha value is -0.540. The second kappa shape index (κ2) is 3.46. The van der Waals surface area contributed by atoms with Crippen molar-refractivity contribution in [1.82, 2.24) is 0 Å². The van der Waals surface area contributed by atoms with Crippen molar-refractivity contribution in [2.45, 2.75) is 18.7 Å². The standard InChI is InChI=1S/C8H9ClO2S/c1-5-4-8(12(10)11)6(2)3-7(5)9/h3-4,12H,1-2H3. The minimum Gasteiger partial charge on any atom is -0.227 e. The number of thiol groups is 1. The van der Waals surface area contributed by atoms with Crippen LogP contribution in [0.2, 0.25) is 5.02 Å². The summed E-state index contributed by atoms with van der Waals surface area (Å²) in [6, 6.07) is 3.25. The zero-order valence-electron chi connectivity index (χ0n) is 6.80. The van der Waals surface area contributed by atoms with Gasteiger partial charge >= 0.3 is 0 Å². The van der Waals surface area contributed by atoms with Crippen LogP contribution in [0.15, 0.2) is 17.0 Å². The lowest BCUT2D eigenvalue weighted by molar-refractivity contribution is 0.614. The van der Waals surface area contributed by atoms with Crippen LogP contribution in [0, 0.1) is 13.8 Å². The van der Waals surface area contributed by atoms with Crippen molar-refractivity contribution >= 4 is 22.3 Å². The maximum absolute atomic E-state index is 10.7. The van der Waals surface area contributed by atoms with E-state index < -0.39 is 10.7 Å². The molecule has 66 valence electrons. The molecule has 0 aliphatic heterocycles. The normalized spacial score (nSPS) is 10.7. The summed E-state index contributed by atoms with van der Waals surface area (Å²) in [5, 5.41) is 0.605. The van der Waals surface area contributed by atoms with Gasteiger partial charge in [0.2, 0.25) is 0 Å². The molecule has 0 bridgehead atoms. The first-order valence-electron chi connectivity index (χ1n) is 3.43. The van der Waals surface area contributed by atoms with Crippen molar-refractivity contribution in [3.8, 4) is 0 Å². The number of halogens is 1. The van der Waals surface area contributed by atoms with Crippen molar-refractivity contribution in [2.24, 2.45) is 0 Å². The van der Waals surface area contributed by atoms with Gasteiger partial charge in [0.05, 0.1) is 4.90 Å². The highest BCUT2D eigenvalue weighted by molar-refractivity contribution is 7.72. The summed E-state index contributed by atoms with van der Waals surface area (Å²) in [5.41, 5.74) is 1.48. The Morgan fingerprint density at radius 1 is 1.17 bits per heavy atom. The summed E-state index contributed by atoms with van der Waals surface area (Å²) in [5.74, 6) is 0. The zero-order chi connectivity index (χ0) is 9.30. The van der Waals surface area contributed by atoms with Gasteiger partial charge in [-0.05, 0) is 37.1 Å². The van der Waals surface area contributed by atoms with Crippen molar-refractivity contribution in [1.29, 1.82) is 0 Å². The van der Waals surface area contributed by atoms with Crippen LogP contribution in [0.4, 0.5) is 0 Å². The third kappa shape index (κ3) is 1.79. The molecule has 0 aliphatic carbocycles. The van der Waals surface area contributed by atoms with Crippen LogP contribution in [-0.4, -0.2) is 8.42 Å². The second-order valence-corrected chi connectivity index (χ2v) is 4.05. The van der Waals surface area contributed by atoms with E-state index in [0.717, 1.165) is 5.56 Å². The molecule has 0 saturated heterocycles. The molecule has 2 nitrogen and oxygen atoms in total. The summed E-state index contributed by atoms with van der Waals surface area (Å²) in [4.78, 5) is 0.354. The topological polar surface area (TPSA) is 34.1 Å². The Balaban J connectivity index is 3.43. The highest BCUT2D eigenvalue weighted by atomic mass is 35.5. The molecule has 1 rings (SSSR count). The van der Waals surface area contributed by atoms with Crippen molar-refractivity contribution in [2.75, 3.05) is 0 Å². The average molecular weight is 205 g/mol. The lowest BCUT2D eigenvalue weighted by atomic mass is 10.2. The van der Waals surface area contributed by atoms with Gasteiger partial charge in [-0.3, -0.25) is 0 Å². The smallest absolute Gasteiger partial charge is 0.168 e. The monoisotopic (exact) mass is 204 g/mol. The van der Waals surface area contributed by atoms with Gasteiger partial charge < -0.3 is 0 Å². The predicted molar refractivity (Wildman–Crippen MR) is 49.5 cm³/mol. The van der Waals surface area contributed by atoms with Crippen LogP contribution < -0.4 is 0 Å². The molecule has 0 aliphatic rings. The molecule has 0 spiro atoms. The fraction of sp³-hybridized carbons (Fsp3) is 0.250. The van der Waals surface area contributed by atoms with Gasteiger partial charge in [0.15, 0.2) is 10.7 Å². The molecule has 0 saturated carbocycles. The van der Waals surface area contributed by atoms with E-state index in [1.807, 2.05) is 0 Å². The van der Waals surface area contributed by atoms with Crippen LogP contribution in [0.25, 0.3) is 0 Å². The molecule has 1 aromatic carbocycles. The first kappa shape index (κ1) is 9.55. The minimum atomic E-state index is -2.50. The van der Waals surface area contributed by atoms with Gasteiger partial charge in [0, 0.05) is 5.02 Å². The summed E-state index contributed by atoms with van der Waals surface area (Å²) >= 11 is 5.79. The quantitative estimate of drug-likeness (QED) is 0.710. The van der Waals surface area contributed by atoms with Gasteiger partial charge in [-0.15, -0.1) is 0 Å². The fourth-order valence-corrected chi connectivity index (χ4v) is 1.83. The predicted octanol–water partition coefficient (Wildman–Crippen LogP) is 1.93. The van der Waals surface area contributed by atoms with Crippen LogP contribution in [-0.2, 0) is 10.7 Å². The Kier molecular flexibility index (Phi) is 2.75. The van der Waals surface area contributed by atoms with E-state index in [0.29, 0.717) is 15.5 Å². The van der Waals surface area contributed by atoms with Crippen molar-refractivity contribution in [3.05, 3.63) is 28.3 Å². The van der Waals surface area contributed by atoms with E-state index in [-0.39, 0.29) is 0 Å². The first-order chi connectivity index (χ1) is 5.52. The molecule has 12 heavy (non-hydrogen) atoms. The highest BCUT2D eigenvalue weighted by Gasteiger charge is 2.03. The molecule has 0 aromatic heterocycles. The summed E-state index contributed by atoms with van der Waals surface area (Å²) in [7, 11) is -2.50. The minimum absolute atomic E-state index is 0.354. The van der Waals surface area contributed by atoms with Gasteiger partial charge in [-0.2, -0.15) is 0 Å². The third-order valence-electron chi connectivity index (χ3n) is 1.67. The van der Waals surface area contributed by atoms with E-state index >= 15 is 0 Å². The Morgan fingerprint density at radius 3 is 2.25 bits per heavy atom. The summed E-state index contributed by atoms with van der Waals surface area (Å²) in [6.07, 6.45) is 0. The van der Waals surface area contributed by atoms with E-state index in [9.17, 15) is 8.42 Å². The number of hydrogen-bond donors (Lipinski definition) is 1. The molecule has 0 heterocycles. The van der Waals surface area contributed by atoms with Gasteiger partial charge in [-0.25, -0.2) is 8.42 Å². The molecular formula is C8H9ClO2S. The Morgan fingerprint density at radius 2 is 1.75 bits per heavy atom. The maximum Gasteiger partial charge on any atom is 0.168 e. The van der Waals surface area contributed by atoms with Crippen LogP contribution >= 0.6 is 11.6 Å². The van der Waals surface area contributed by atoms with E-state index in [1.165, 1.54) is 0 Å². The molecular weight excluding hydrogens is 196 g/mol. The van der Waals surface area contributed by atoms with Gasteiger partial charge in [0.25, 0.3) is 0 Å². The molecule has 0 amide bonds. The van der Waals surface area contributed by atoms with Crippen molar-refractivity contribution in [3.63, 3.8) is 0 Å². The highest BCUT2D eigenvalue weighted by Crippen LogP contribution is 2.20. The molecule has 4 heteroatoms. The average Bonchev–Trinajstić information content (AvgIpc) is 1.96. The molecule has 0 atom stereocenters. The number of aryl methyl sites for hydroxylation is 2. The lowest BCUT2D eigenvalue weighted by Crippen LogP contribution is -1.88. The second-order valence-electron chi connectivity index (χ2n) is 2.64. The molecule has 0 fully saturated rings. The zero-order valence-corrected chi connectivity index (χ0v) is 8.45. The van der Waals surface area contributed by atoms with Gasteiger partial charge in [-0.1, -0.05) is 11.6 Å². The SMILES string of the molecule is Cc1cc([SH](=O)=O)c(C)cc1Cl. The Labute approximate surface area is 78.1 Å². The van der Waals surface area contributed by atoms with Crippen molar-refractivity contribution < 1.29 is 8.42 Å². The van der Waals surface area contributed by atoms with E-state index in [1.54, 1.807) is 26.0 Å². The summed E-state index contributed by atoms with van der Waals surface area (Å²) in [6.45, 7) is 3.51. The molecule has 0 radical (unpaired) electrons. The first-order valence-corrected chi connectivity index (χ1v) is 4.99. The lowest BCUT2D eigenvalue weighted by Gasteiger charge is -2.01. The number of rotatable bonds is 1. The fourth-order valence-electron chi connectivity index (χ4n) is 0.962.